The van der Waals surface area contributed by atoms with Crippen molar-refractivity contribution >= 4 is 22.4 Å². The Labute approximate surface area is 118 Å². The first-order valence-corrected chi connectivity index (χ1v) is 7.54. The van der Waals surface area contributed by atoms with Gasteiger partial charge in [0.2, 0.25) is 5.89 Å². The molecule has 0 spiro atoms. The monoisotopic (exact) mass is 301 g/mol. The Kier molecular flexibility index (Phi) is 4.37. The van der Waals surface area contributed by atoms with Crippen LogP contribution in [-0.4, -0.2) is 9.19 Å². The fraction of sp³-hybridized carbons (Fsp3) is 0.308. The highest BCUT2D eigenvalue weighted by atomic mass is 35.5. The summed E-state index contributed by atoms with van der Waals surface area (Å²) in [6.07, 6.45) is 0. The number of rotatable bonds is 4. The summed E-state index contributed by atoms with van der Waals surface area (Å²) < 4.78 is 30.9. The van der Waals surface area contributed by atoms with E-state index < -0.39 is 16.6 Å². The average molecular weight is 302 g/mol. The second kappa shape index (κ2) is 5.84. The van der Waals surface area contributed by atoms with Crippen LogP contribution < -0.4 is 0 Å². The number of halogens is 2. The zero-order chi connectivity index (χ0) is 14.0. The third-order valence-corrected chi connectivity index (χ3v) is 4.26. The van der Waals surface area contributed by atoms with Crippen molar-refractivity contribution in [3.8, 4) is 0 Å². The molecule has 2 rings (SSSR count). The van der Waals surface area contributed by atoms with Crippen molar-refractivity contribution in [3.05, 3.63) is 51.9 Å². The first-order chi connectivity index (χ1) is 8.97. The van der Waals surface area contributed by atoms with Gasteiger partial charge in [0, 0.05) is 21.4 Å². The molecule has 0 aliphatic carbocycles. The third kappa shape index (κ3) is 3.42. The Morgan fingerprint density at radius 1 is 1.37 bits per heavy atom. The second-order valence-corrected chi connectivity index (χ2v) is 6.04. The Hall–Kier alpha value is -1.20. The third-order valence-electron chi connectivity index (χ3n) is 2.72. The number of oxazole rings is 1. The maximum atomic E-state index is 13.6. The van der Waals surface area contributed by atoms with Crippen LogP contribution in [0, 0.1) is 19.7 Å². The van der Waals surface area contributed by atoms with Gasteiger partial charge in [-0.25, -0.2) is 9.37 Å². The summed E-state index contributed by atoms with van der Waals surface area (Å²) in [7, 11) is -1.32. The van der Waals surface area contributed by atoms with Crippen LogP contribution in [0.5, 0.6) is 0 Å². The number of nitrogens with zero attached hydrogens (tertiary/aromatic N) is 1. The average Bonchev–Trinajstić information content (AvgIpc) is 2.63. The van der Waals surface area contributed by atoms with E-state index in [1.165, 1.54) is 12.1 Å². The van der Waals surface area contributed by atoms with Crippen LogP contribution in [0.25, 0.3) is 0 Å². The fourth-order valence-electron chi connectivity index (χ4n) is 1.62. The molecule has 0 amide bonds. The summed E-state index contributed by atoms with van der Waals surface area (Å²) in [6.45, 7) is 3.61. The zero-order valence-corrected chi connectivity index (χ0v) is 12.1. The van der Waals surface area contributed by atoms with E-state index in [2.05, 4.69) is 4.98 Å². The molecule has 0 bridgehead atoms. The highest BCUT2D eigenvalue weighted by Gasteiger charge is 2.14. The van der Waals surface area contributed by atoms with Crippen molar-refractivity contribution in [1.29, 1.82) is 0 Å². The molecular formula is C13H13ClFNO2S. The first-order valence-electron chi connectivity index (χ1n) is 5.68. The number of aryl methyl sites for hydroxylation is 2. The SMILES string of the molecule is Cc1nc(C[S@](=O)Cc2c(F)cccc2Cl)oc1C. The minimum absolute atomic E-state index is 0.0476. The molecule has 0 fully saturated rings. The van der Waals surface area contributed by atoms with Gasteiger partial charge in [0.05, 0.1) is 11.4 Å². The van der Waals surface area contributed by atoms with Gasteiger partial charge in [-0.2, -0.15) is 0 Å². The Morgan fingerprint density at radius 3 is 2.68 bits per heavy atom. The Morgan fingerprint density at radius 2 is 2.11 bits per heavy atom. The van der Waals surface area contributed by atoms with Crippen molar-refractivity contribution in [2.45, 2.75) is 25.4 Å². The van der Waals surface area contributed by atoms with E-state index in [0.29, 0.717) is 11.7 Å². The summed E-state index contributed by atoms with van der Waals surface area (Å²) in [6, 6.07) is 4.40. The summed E-state index contributed by atoms with van der Waals surface area (Å²) in [5.74, 6) is 0.864. The van der Waals surface area contributed by atoms with E-state index in [-0.39, 0.29) is 22.1 Å². The summed E-state index contributed by atoms with van der Waals surface area (Å²) in [4.78, 5) is 4.15. The second-order valence-electron chi connectivity index (χ2n) is 4.18. The van der Waals surface area contributed by atoms with Crippen LogP contribution in [0.2, 0.25) is 5.02 Å². The largest absolute Gasteiger partial charge is 0.445 e. The van der Waals surface area contributed by atoms with Crippen molar-refractivity contribution in [3.63, 3.8) is 0 Å². The van der Waals surface area contributed by atoms with E-state index in [4.69, 9.17) is 16.0 Å². The quantitative estimate of drug-likeness (QED) is 0.867. The molecule has 0 saturated carbocycles. The molecular weight excluding hydrogens is 289 g/mol. The Bertz CT molecular complexity index is 587. The van der Waals surface area contributed by atoms with Crippen LogP contribution in [0.4, 0.5) is 4.39 Å². The van der Waals surface area contributed by atoms with Gasteiger partial charge >= 0.3 is 0 Å². The van der Waals surface area contributed by atoms with Gasteiger partial charge in [-0.1, -0.05) is 17.7 Å². The summed E-state index contributed by atoms with van der Waals surface area (Å²) >= 11 is 5.89. The predicted octanol–water partition coefficient (Wildman–Crippen LogP) is 3.53. The normalized spacial score (nSPS) is 12.6. The number of hydrogen-bond donors (Lipinski definition) is 0. The van der Waals surface area contributed by atoms with Crippen molar-refractivity contribution < 1.29 is 13.0 Å². The maximum absolute atomic E-state index is 13.6. The van der Waals surface area contributed by atoms with Gasteiger partial charge in [-0.15, -0.1) is 0 Å². The lowest BCUT2D eigenvalue weighted by Crippen LogP contribution is -2.02. The van der Waals surface area contributed by atoms with Crippen LogP contribution in [0.3, 0.4) is 0 Å². The van der Waals surface area contributed by atoms with E-state index >= 15 is 0 Å². The molecule has 2 aromatic rings. The van der Waals surface area contributed by atoms with Crippen molar-refractivity contribution in [2.75, 3.05) is 0 Å². The highest BCUT2D eigenvalue weighted by Crippen LogP contribution is 2.21. The molecule has 3 nitrogen and oxygen atoms in total. The molecule has 0 aliphatic rings. The van der Waals surface area contributed by atoms with E-state index in [9.17, 15) is 8.60 Å². The molecule has 6 heteroatoms. The van der Waals surface area contributed by atoms with Gasteiger partial charge < -0.3 is 4.42 Å². The molecule has 0 N–H and O–H groups in total. The number of hydrogen-bond acceptors (Lipinski definition) is 3. The molecule has 0 aliphatic heterocycles. The van der Waals surface area contributed by atoms with Gasteiger partial charge in [0.15, 0.2) is 0 Å². The number of aromatic nitrogens is 1. The summed E-state index contributed by atoms with van der Waals surface area (Å²) in [5.41, 5.74) is 1.04. The predicted molar refractivity (Wildman–Crippen MR) is 72.9 cm³/mol. The maximum Gasteiger partial charge on any atom is 0.207 e. The van der Waals surface area contributed by atoms with Crippen LogP contribution >= 0.6 is 11.6 Å². The van der Waals surface area contributed by atoms with E-state index in [1.807, 2.05) is 6.92 Å². The molecule has 1 aromatic carbocycles. The first kappa shape index (κ1) is 14.2. The zero-order valence-electron chi connectivity index (χ0n) is 10.6. The number of benzene rings is 1. The highest BCUT2D eigenvalue weighted by molar-refractivity contribution is 7.83. The molecule has 1 heterocycles. The summed E-state index contributed by atoms with van der Waals surface area (Å²) in [5, 5.41) is 0.285. The molecule has 19 heavy (non-hydrogen) atoms. The van der Waals surface area contributed by atoms with Gasteiger partial charge in [0.1, 0.15) is 17.3 Å². The minimum atomic E-state index is -1.32. The lowest BCUT2D eigenvalue weighted by molar-refractivity contribution is 0.487. The molecule has 0 unspecified atom stereocenters. The van der Waals surface area contributed by atoms with Crippen molar-refractivity contribution in [1.82, 2.24) is 4.98 Å². The lowest BCUT2D eigenvalue weighted by atomic mass is 10.2. The standard InChI is InChI=1S/C13H13ClFNO2S/c1-8-9(2)18-13(16-8)7-19(17)6-10-11(14)4-3-5-12(10)15/h3-5H,6-7H2,1-2H3/t19-/m1/s1. The van der Waals surface area contributed by atoms with E-state index in [1.54, 1.807) is 13.0 Å². The van der Waals surface area contributed by atoms with Crippen LogP contribution in [0.15, 0.2) is 22.6 Å². The lowest BCUT2D eigenvalue weighted by Gasteiger charge is -2.04. The van der Waals surface area contributed by atoms with Gasteiger partial charge in [-0.05, 0) is 26.0 Å². The molecule has 0 radical (unpaired) electrons. The van der Waals surface area contributed by atoms with Crippen LogP contribution in [0.1, 0.15) is 22.9 Å². The van der Waals surface area contributed by atoms with Gasteiger partial charge in [-0.3, -0.25) is 4.21 Å². The minimum Gasteiger partial charge on any atom is -0.445 e. The Balaban J connectivity index is 2.09. The van der Waals surface area contributed by atoms with E-state index in [0.717, 1.165) is 5.69 Å². The van der Waals surface area contributed by atoms with Gasteiger partial charge in [0.25, 0.3) is 0 Å². The van der Waals surface area contributed by atoms with Crippen molar-refractivity contribution in [2.24, 2.45) is 0 Å². The topological polar surface area (TPSA) is 43.1 Å². The smallest absolute Gasteiger partial charge is 0.207 e. The molecule has 0 saturated heterocycles. The van der Waals surface area contributed by atoms with Crippen LogP contribution in [-0.2, 0) is 22.3 Å². The fourth-order valence-corrected chi connectivity index (χ4v) is 3.05. The molecule has 1 atom stereocenters. The molecule has 1 aromatic heterocycles. The molecule has 102 valence electrons.